The largest absolute Gasteiger partial charge is 0.356 e. The third-order valence-corrected chi connectivity index (χ3v) is 2.37. The molecule has 14 heavy (non-hydrogen) atoms. The Morgan fingerprint density at radius 1 is 1.50 bits per heavy atom. The van der Waals surface area contributed by atoms with Gasteiger partial charge in [-0.2, -0.15) is 0 Å². The van der Waals surface area contributed by atoms with E-state index < -0.39 is 0 Å². The van der Waals surface area contributed by atoms with Crippen molar-refractivity contribution in [3.05, 3.63) is 11.9 Å². The van der Waals surface area contributed by atoms with E-state index in [9.17, 15) is 0 Å². The normalized spacial score (nSPS) is 12.9. The molecule has 1 rings (SSSR count). The fourth-order valence-corrected chi connectivity index (χ4v) is 1.70. The number of hydrogen-bond acceptors (Lipinski definition) is 2. The molecule has 3 heteroatoms. The van der Waals surface area contributed by atoms with Crippen LogP contribution >= 0.6 is 0 Å². The summed E-state index contributed by atoms with van der Waals surface area (Å²) in [7, 11) is 0. The molecular formula is C11H21N3. The summed E-state index contributed by atoms with van der Waals surface area (Å²) in [5, 5.41) is 3.29. The van der Waals surface area contributed by atoms with Crippen LogP contribution in [-0.2, 0) is 0 Å². The first-order valence-electron chi connectivity index (χ1n) is 5.48. The van der Waals surface area contributed by atoms with E-state index in [0.717, 1.165) is 18.2 Å². The molecule has 0 aliphatic rings. The SMILES string of the molecule is CCCC(C)n1cc(C)nc1NCC. The topological polar surface area (TPSA) is 29.9 Å². The fourth-order valence-electron chi connectivity index (χ4n) is 1.70. The third kappa shape index (κ3) is 2.50. The molecule has 0 aliphatic carbocycles. The minimum absolute atomic E-state index is 0.537. The molecule has 0 aliphatic heterocycles. The lowest BCUT2D eigenvalue weighted by Gasteiger charge is -2.15. The predicted molar refractivity (Wildman–Crippen MR) is 60.7 cm³/mol. The van der Waals surface area contributed by atoms with Crippen LogP contribution in [0.15, 0.2) is 6.20 Å². The van der Waals surface area contributed by atoms with Crippen LogP contribution in [0, 0.1) is 6.92 Å². The number of hydrogen-bond donors (Lipinski definition) is 1. The molecule has 80 valence electrons. The molecular weight excluding hydrogens is 174 g/mol. The van der Waals surface area contributed by atoms with Gasteiger partial charge in [-0.15, -0.1) is 0 Å². The molecule has 1 aromatic heterocycles. The molecule has 0 saturated carbocycles. The molecule has 0 bridgehead atoms. The molecule has 0 amide bonds. The van der Waals surface area contributed by atoms with Gasteiger partial charge in [0.2, 0.25) is 5.95 Å². The van der Waals surface area contributed by atoms with Crippen LogP contribution < -0.4 is 5.32 Å². The summed E-state index contributed by atoms with van der Waals surface area (Å²) in [6.45, 7) is 9.52. The molecule has 0 aromatic carbocycles. The Balaban J connectivity index is 2.82. The number of anilines is 1. The highest BCUT2D eigenvalue weighted by atomic mass is 15.2. The fraction of sp³-hybridized carbons (Fsp3) is 0.727. The number of aryl methyl sites for hydroxylation is 1. The average molecular weight is 195 g/mol. The van der Waals surface area contributed by atoms with Gasteiger partial charge < -0.3 is 9.88 Å². The first kappa shape index (κ1) is 11.1. The van der Waals surface area contributed by atoms with E-state index in [1.807, 2.05) is 6.92 Å². The van der Waals surface area contributed by atoms with E-state index in [-0.39, 0.29) is 0 Å². The highest BCUT2D eigenvalue weighted by molar-refractivity contribution is 5.29. The van der Waals surface area contributed by atoms with Crippen LogP contribution in [-0.4, -0.2) is 16.1 Å². The van der Waals surface area contributed by atoms with Crippen LogP contribution in [0.1, 0.15) is 45.3 Å². The molecule has 1 unspecified atom stereocenters. The highest BCUT2D eigenvalue weighted by Crippen LogP contribution is 2.19. The summed E-state index contributed by atoms with van der Waals surface area (Å²) in [4.78, 5) is 4.46. The van der Waals surface area contributed by atoms with Crippen LogP contribution in [0.3, 0.4) is 0 Å². The molecule has 1 aromatic rings. The Morgan fingerprint density at radius 2 is 2.21 bits per heavy atom. The second kappa shape index (κ2) is 5.03. The van der Waals surface area contributed by atoms with Gasteiger partial charge in [-0.05, 0) is 27.2 Å². The second-order valence-corrected chi connectivity index (χ2v) is 3.78. The van der Waals surface area contributed by atoms with Crippen molar-refractivity contribution >= 4 is 5.95 Å². The maximum atomic E-state index is 4.46. The van der Waals surface area contributed by atoms with Crippen molar-refractivity contribution in [1.29, 1.82) is 0 Å². The number of nitrogens with zero attached hydrogens (tertiary/aromatic N) is 2. The van der Waals surface area contributed by atoms with Crippen LogP contribution in [0.4, 0.5) is 5.95 Å². The van der Waals surface area contributed by atoms with Crippen molar-refractivity contribution < 1.29 is 0 Å². The summed E-state index contributed by atoms with van der Waals surface area (Å²) in [6, 6.07) is 0.537. The number of imidazole rings is 1. The van der Waals surface area contributed by atoms with Crippen LogP contribution in [0.25, 0.3) is 0 Å². The Kier molecular flexibility index (Phi) is 3.98. The van der Waals surface area contributed by atoms with Crippen LogP contribution in [0.5, 0.6) is 0 Å². The maximum Gasteiger partial charge on any atom is 0.203 e. The van der Waals surface area contributed by atoms with Crippen molar-refractivity contribution in [3.8, 4) is 0 Å². The summed E-state index contributed by atoms with van der Waals surface area (Å²) >= 11 is 0. The number of rotatable bonds is 5. The second-order valence-electron chi connectivity index (χ2n) is 3.78. The highest BCUT2D eigenvalue weighted by Gasteiger charge is 2.09. The lowest BCUT2D eigenvalue weighted by Crippen LogP contribution is -2.10. The minimum Gasteiger partial charge on any atom is -0.356 e. The van der Waals surface area contributed by atoms with Gasteiger partial charge in [0, 0.05) is 18.8 Å². The van der Waals surface area contributed by atoms with E-state index >= 15 is 0 Å². The van der Waals surface area contributed by atoms with Gasteiger partial charge in [0.25, 0.3) is 0 Å². The van der Waals surface area contributed by atoms with Gasteiger partial charge in [-0.3, -0.25) is 0 Å². The Labute approximate surface area is 86.5 Å². The molecule has 0 fully saturated rings. The van der Waals surface area contributed by atoms with Gasteiger partial charge in [-0.25, -0.2) is 4.98 Å². The lowest BCUT2D eigenvalue weighted by molar-refractivity contribution is 0.504. The van der Waals surface area contributed by atoms with E-state index in [2.05, 4.69) is 41.8 Å². The van der Waals surface area contributed by atoms with E-state index in [1.165, 1.54) is 12.8 Å². The Hall–Kier alpha value is -0.990. The quantitative estimate of drug-likeness (QED) is 0.782. The molecule has 1 heterocycles. The summed E-state index contributed by atoms with van der Waals surface area (Å²) < 4.78 is 2.24. The summed E-state index contributed by atoms with van der Waals surface area (Å²) in [5.74, 6) is 1.01. The number of aromatic nitrogens is 2. The monoisotopic (exact) mass is 195 g/mol. The standard InChI is InChI=1S/C11H21N3/c1-5-7-10(4)14-8-9(3)13-11(14)12-6-2/h8,10H,5-7H2,1-4H3,(H,12,13). The predicted octanol–water partition coefficient (Wildman–Crippen LogP) is 2.98. The van der Waals surface area contributed by atoms with Crippen molar-refractivity contribution in [2.45, 2.75) is 46.6 Å². The van der Waals surface area contributed by atoms with Gasteiger partial charge in [0.1, 0.15) is 0 Å². The number of nitrogens with one attached hydrogen (secondary N) is 1. The summed E-state index contributed by atoms with van der Waals surface area (Å²) in [6.07, 6.45) is 4.54. The molecule has 0 radical (unpaired) electrons. The lowest BCUT2D eigenvalue weighted by atomic mass is 10.2. The Morgan fingerprint density at radius 3 is 2.79 bits per heavy atom. The average Bonchev–Trinajstić information content (AvgIpc) is 2.48. The first-order chi connectivity index (χ1) is 6.69. The van der Waals surface area contributed by atoms with Crippen molar-refractivity contribution in [2.24, 2.45) is 0 Å². The smallest absolute Gasteiger partial charge is 0.203 e. The summed E-state index contributed by atoms with van der Waals surface area (Å²) in [5.41, 5.74) is 1.09. The van der Waals surface area contributed by atoms with Crippen molar-refractivity contribution in [1.82, 2.24) is 9.55 Å². The van der Waals surface area contributed by atoms with Crippen molar-refractivity contribution in [3.63, 3.8) is 0 Å². The molecule has 1 N–H and O–H groups in total. The van der Waals surface area contributed by atoms with Gasteiger partial charge in [0.05, 0.1) is 5.69 Å². The zero-order chi connectivity index (χ0) is 10.6. The molecule has 3 nitrogen and oxygen atoms in total. The zero-order valence-corrected chi connectivity index (χ0v) is 9.67. The zero-order valence-electron chi connectivity index (χ0n) is 9.67. The van der Waals surface area contributed by atoms with Crippen molar-refractivity contribution in [2.75, 3.05) is 11.9 Å². The van der Waals surface area contributed by atoms with Gasteiger partial charge >= 0.3 is 0 Å². The van der Waals surface area contributed by atoms with Crippen LogP contribution in [0.2, 0.25) is 0 Å². The first-order valence-corrected chi connectivity index (χ1v) is 5.48. The van der Waals surface area contributed by atoms with E-state index in [1.54, 1.807) is 0 Å². The van der Waals surface area contributed by atoms with E-state index in [0.29, 0.717) is 6.04 Å². The molecule has 0 spiro atoms. The van der Waals surface area contributed by atoms with Gasteiger partial charge in [0.15, 0.2) is 0 Å². The van der Waals surface area contributed by atoms with E-state index in [4.69, 9.17) is 0 Å². The minimum atomic E-state index is 0.537. The van der Waals surface area contributed by atoms with Gasteiger partial charge in [-0.1, -0.05) is 13.3 Å². The third-order valence-electron chi connectivity index (χ3n) is 2.37. The maximum absolute atomic E-state index is 4.46. The molecule has 0 saturated heterocycles. The Bertz CT molecular complexity index is 278. The molecule has 1 atom stereocenters.